The fourth-order valence-electron chi connectivity index (χ4n) is 1.52. The molecule has 16 heavy (non-hydrogen) atoms. The van der Waals surface area contributed by atoms with Crippen LogP contribution >= 0.6 is 0 Å². The van der Waals surface area contributed by atoms with E-state index in [9.17, 15) is 4.79 Å². The van der Waals surface area contributed by atoms with Gasteiger partial charge in [-0.1, -0.05) is 19.8 Å². The lowest BCUT2D eigenvalue weighted by molar-refractivity contribution is -0.139. The zero-order chi connectivity index (χ0) is 12.6. The van der Waals surface area contributed by atoms with Gasteiger partial charge in [0.15, 0.2) is 0 Å². The molecule has 0 aromatic heterocycles. The molecule has 0 spiro atoms. The Morgan fingerprint density at radius 2 is 1.81 bits per heavy atom. The van der Waals surface area contributed by atoms with Crippen molar-refractivity contribution in [3.63, 3.8) is 0 Å². The van der Waals surface area contributed by atoms with Crippen LogP contribution in [-0.2, 0) is 9.53 Å². The van der Waals surface area contributed by atoms with Crippen LogP contribution in [0.5, 0.6) is 0 Å². The predicted molar refractivity (Wildman–Crippen MR) is 67.5 cm³/mol. The fourth-order valence-corrected chi connectivity index (χ4v) is 1.52. The number of carbonyl (C=O) groups is 1. The molecule has 0 unspecified atom stereocenters. The van der Waals surface area contributed by atoms with E-state index < -0.39 is 0 Å². The molecule has 0 aromatic rings. The molecule has 0 saturated heterocycles. The van der Waals surface area contributed by atoms with Crippen LogP contribution in [0.1, 0.15) is 53.9 Å². The topological polar surface area (TPSA) is 29.5 Å². The summed E-state index contributed by atoms with van der Waals surface area (Å²) >= 11 is 0. The van der Waals surface area contributed by atoms with Crippen molar-refractivity contribution in [2.45, 2.75) is 66.0 Å². The summed E-state index contributed by atoms with van der Waals surface area (Å²) < 4.78 is 5.35. The average Bonchev–Trinajstić information content (AvgIpc) is 2.20. The minimum atomic E-state index is 0.111. The van der Waals surface area contributed by atoms with Crippen molar-refractivity contribution in [3.8, 4) is 0 Å². The van der Waals surface area contributed by atoms with Gasteiger partial charge in [0.1, 0.15) is 6.61 Å². The van der Waals surface area contributed by atoms with Gasteiger partial charge in [0.25, 0.3) is 0 Å². The molecule has 0 atom stereocenters. The van der Waals surface area contributed by atoms with E-state index in [1.165, 1.54) is 12.8 Å². The summed E-state index contributed by atoms with van der Waals surface area (Å²) in [4.78, 5) is 13.8. The highest BCUT2D eigenvalue weighted by Crippen LogP contribution is 2.05. The molecule has 0 rings (SSSR count). The van der Waals surface area contributed by atoms with Crippen LogP contribution in [0.25, 0.3) is 0 Å². The highest BCUT2D eigenvalue weighted by atomic mass is 16.5. The normalized spacial score (nSPS) is 11.2. The van der Waals surface area contributed by atoms with Crippen LogP contribution in [0.3, 0.4) is 0 Å². The quantitative estimate of drug-likeness (QED) is 0.599. The highest BCUT2D eigenvalue weighted by Gasteiger charge is 2.16. The highest BCUT2D eigenvalue weighted by molar-refractivity contribution is 5.77. The van der Waals surface area contributed by atoms with Crippen LogP contribution in [-0.4, -0.2) is 36.1 Å². The fraction of sp³-hybridized carbons (Fsp3) is 0.923. The van der Waals surface area contributed by atoms with E-state index in [0.717, 1.165) is 13.0 Å². The number of rotatable bonds is 8. The molecule has 96 valence electrons. The maximum atomic E-state index is 11.9. The molecule has 0 aliphatic rings. The van der Waals surface area contributed by atoms with Crippen molar-refractivity contribution in [1.29, 1.82) is 0 Å². The van der Waals surface area contributed by atoms with Gasteiger partial charge in [0.2, 0.25) is 5.91 Å². The van der Waals surface area contributed by atoms with Crippen LogP contribution in [0.4, 0.5) is 0 Å². The lowest BCUT2D eigenvalue weighted by Crippen LogP contribution is -2.40. The second kappa shape index (κ2) is 8.57. The third-order valence-electron chi connectivity index (χ3n) is 2.49. The molecule has 3 nitrogen and oxygen atoms in total. The monoisotopic (exact) mass is 229 g/mol. The SMILES string of the molecule is CCCCCN(C(=O)COC(C)C)C(C)C. The van der Waals surface area contributed by atoms with Gasteiger partial charge in [-0.25, -0.2) is 0 Å². The summed E-state index contributed by atoms with van der Waals surface area (Å²) in [5, 5.41) is 0. The number of amides is 1. The first-order valence-corrected chi connectivity index (χ1v) is 6.40. The Labute approximate surface area is 100 Å². The van der Waals surface area contributed by atoms with Crippen molar-refractivity contribution >= 4 is 5.91 Å². The number of hydrogen-bond acceptors (Lipinski definition) is 2. The molecule has 0 saturated carbocycles. The smallest absolute Gasteiger partial charge is 0.248 e. The average molecular weight is 229 g/mol. The first kappa shape index (κ1) is 15.4. The van der Waals surface area contributed by atoms with Crippen LogP contribution in [0, 0.1) is 0 Å². The predicted octanol–water partition coefficient (Wildman–Crippen LogP) is 2.84. The number of unbranched alkanes of at least 4 members (excludes halogenated alkanes) is 2. The van der Waals surface area contributed by atoms with Gasteiger partial charge in [-0.15, -0.1) is 0 Å². The van der Waals surface area contributed by atoms with E-state index in [1.807, 2.05) is 18.7 Å². The minimum Gasteiger partial charge on any atom is -0.369 e. The van der Waals surface area contributed by atoms with E-state index >= 15 is 0 Å². The number of ether oxygens (including phenoxy) is 1. The van der Waals surface area contributed by atoms with Gasteiger partial charge >= 0.3 is 0 Å². The maximum absolute atomic E-state index is 11.9. The van der Waals surface area contributed by atoms with Gasteiger partial charge in [0, 0.05) is 12.6 Å². The first-order chi connectivity index (χ1) is 7.49. The number of hydrogen-bond donors (Lipinski definition) is 0. The molecule has 0 bridgehead atoms. The van der Waals surface area contributed by atoms with Gasteiger partial charge in [0.05, 0.1) is 6.10 Å². The Bertz CT molecular complexity index is 190. The van der Waals surface area contributed by atoms with Crippen LogP contribution < -0.4 is 0 Å². The molecule has 0 N–H and O–H groups in total. The number of carbonyl (C=O) groups excluding carboxylic acids is 1. The molecular formula is C13H27NO2. The van der Waals surface area contributed by atoms with E-state index in [4.69, 9.17) is 4.74 Å². The lowest BCUT2D eigenvalue weighted by atomic mass is 10.2. The Kier molecular flexibility index (Phi) is 8.26. The Morgan fingerprint density at radius 3 is 2.25 bits per heavy atom. The van der Waals surface area contributed by atoms with E-state index in [1.54, 1.807) is 0 Å². The summed E-state index contributed by atoms with van der Waals surface area (Å²) in [6.07, 6.45) is 3.57. The van der Waals surface area contributed by atoms with Gasteiger partial charge < -0.3 is 9.64 Å². The third kappa shape index (κ3) is 6.83. The number of nitrogens with zero attached hydrogens (tertiary/aromatic N) is 1. The van der Waals surface area contributed by atoms with Crippen molar-refractivity contribution in [2.24, 2.45) is 0 Å². The zero-order valence-corrected chi connectivity index (χ0v) is 11.5. The molecule has 0 fully saturated rings. The second-order valence-electron chi connectivity index (χ2n) is 4.75. The molecule has 0 radical (unpaired) electrons. The molecular weight excluding hydrogens is 202 g/mol. The Morgan fingerprint density at radius 1 is 1.19 bits per heavy atom. The van der Waals surface area contributed by atoms with Gasteiger partial charge in [-0.2, -0.15) is 0 Å². The van der Waals surface area contributed by atoms with Gasteiger partial charge in [-0.3, -0.25) is 4.79 Å². The molecule has 0 aliphatic carbocycles. The van der Waals surface area contributed by atoms with E-state index in [2.05, 4.69) is 20.8 Å². The molecule has 0 aromatic carbocycles. The summed E-state index contributed by atoms with van der Waals surface area (Å²) in [6.45, 7) is 11.2. The summed E-state index contributed by atoms with van der Waals surface area (Å²) in [5.41, 5.74) is 0. The Hall–Kier alpha value is -0.570. The maximum Gasteiger partial charge on any atom is 0.248 e. The largest absolute Gasteiger partial charge is 0.369 e. The zero-order valence-electron chi connectivity index (χ0n) is 11.5. The first-order valence-electron chi connectivity index (χ1n) is 6.40. The molecule has 0 heterocycles. The standard InChI is InChI=1S/C13H27NO2/c1-6-7-8-9-14(11(2)3)13(15)10-16-12(4)5/h11-12H,6-10H2,1-5H3. The van der Waals surface area contributed by atoms with Crippen molar-refractivity contribution in [2.75, 3.05) is 13.2 Å². The molecule has 0 aliphatic heterocycles. The summed E-state index contributed by atoms with van der Waals surface area (Å²) in [6, 6.07) is 0.264. The minimum absolute atomic E-state index is 0.111. The van der Waals surface area contributed by atoms with E-state index in [-0.39, 0.29) is 24.7 Å². The summed E-state index contributed by atoms with van der Waals surface area (Å²) in [5.74, 6) is 0.111. The van der Waals surface area contributed by atoms with Gasteiger partial charge in [-0.05, 0) is 34.1 Å². The molecule has 1 amide bonds. The second-order valence-corrected chi connectivity index (χ2v) is 4.75. The lowest BCUT2D eigenvalue weighted by Gasteiger charge is -2.27. The van der Waals surface area contributed by atoms with Crippen molar-refractivity contribution in [1.82, 2.24) is 4.90 Å². The molecule has 3 heteroatoms. The van der Waals surface area contributed by atoms with E-state index in [0.29, 0.717) is 0 Å². The summed E-state index contributed by atoms with van der Waals surface area (Å²) in [7, 11) is 0. The van der Waals surface area contributed by atoms with Crippen molar-refractivity contribution < 1.29 is 9.53 Å². The van der Waals surface area contributed by atoms with Crippen LogP contribution in [0.15, 0.2) is 0 Å². The van der Waals surface area contributed by atoms with Crippen LogP contribution in [0.2, 0.25) is 0 Å². The Balaban J connectivity index is 4.03. The third-order valence-corrected chi connectivity index (χ3v) is 2.49. The van der Waals surface area contributed by atoms with Crippen molar-refractivity contribution in [3.05, 3.63) is 0 Å².